The number of nitrogens with one attached hydrogen (secondary N) is 1. The Balaban J connectivity index is 1.82. The molecule has 0 aliphatic rings. The van der Waals surface area contributed by atoms with Crippen LogP contribution < -0.4 is 19.5 Å². The predicted molar refractivity (Wildman–Crippen MR) is 115 cm³/mol. The summed E-state index contributed by atoms with van der Waals surface area (Å²) in [6.45, 7) is 0. The summed E-state index contributed by atoms with van der Waals surface area (Å²) in [6, 6.07) is 13.6. The lowest BCUT2D eigenvalue weighted by Crippen LogP contribution is -2.04. The van der Waals surface area contributed by atoms with Gasteiger partial charge in [-0.3, -0.25) is 4.79 Å². The Morgan fingerprint density at radius 1 is 0.967 bits per heavy atom. The molecule has 7 heteroatoms. The highest BCUT2D eigenvalue weighted by atomic mass is 16.5. The molecule has 0 bridgehead atoms. The van der Waals surface area contributed by atoms with Gasteiger partial charge in [0, 0.05) is 18.0 Å². The molecule has 3 aromatic rings. The number of nitrogens with zero attached hydrogens (tertiary/aromatic N) is 1. The summed E-state index contributed by atoms with van der Waals surface area (Å²) in [6.07, 6.45) is 4.65. The average molecular weight is 406 g/mol. The standard InChI is InChI=1S/C23H22N2O5/c1-28-20-10-7-15(13-19(20)27)6-9-18(26)17-5-4-12-24-23(17)25-16-8-11-21(29-2)22(14-16)30-3/h4-14,27H,1-3H3,(H,24,25). The van der Waals surface area contributed by atoms with Gasteiger partial charge in [0.1, 0.15) is 5.82 Å². The van der Waals surface area contributed by atoms with Crippen molar-refractivity contribution in [2.45, 2.75) is 0 Å². The largest absolute Gasteiger partial charge is 0.504 e. The topological polar surface area (TPSA) is 89.9 Å². The van der Waals surface area contributed by atoms with Gasteiger partial charge in [-0.25, -0.2) is 4.98 Å². The molecule has 0 spiro atoms. The quantitative estimate of drug-likeness (QED) is 0.422. The molecule has 0 aliphatic heterocycles. The zero-order chi connectivity index (χ0) is 21.5. The second-order valence-electron chi connectivity index (χ2n) is 6.22. The van der Waals surface area contributed by atoms with Gasteiger partial charge < -0.3 is 24.6 Å². The molecular weight excluding hydrogens is 384 g/mol. The van der Waals surface area contributed by atoms with Crippen LogP contribution in [0.4, 0.5) is 11.5 Å². The van der Waals surface area contributed by atoms with Gasteiger partial charge in [0.25, 0.3) is 0 Å². The van der Waals surface area contributed by atoms with E-state index in [0.717, 1.165) is 0 Å². The van der Waals surface area contributed by atoms with E-state index in [1.54, 1.807) is 69.0 Å². The summed E-state index contributed by atoms with van der Waals surface area (Å²) in [5.74, 6) is 1.71. The summed E-state index contributed by atoms with van der Waals surface area (Å²) in [5, 5.41) is 13.0. The summed E-state index contributed by atoms with van der Waals surface area (Å²) in [7, 11) is 4.60. The maximum absolute atomic E-state index is 12.8. The number of aromatic hydroxyl groups is 1. The Bertz CT molecular complexity index is 1080. The van der Waals surface area contributed by atoms with Crippen LogP contribution in [-0.2, 0) is 0 Å². The minimum atomic E-state index is -0.235. The zero-order valence-electron chi connectivity index (χ0n) is 16.9. The highest BCUT2D eigenvalue weighted by Gasteiger charge is 2.12. The number of rotatable bonds is 8. The van der Waals surface area contributed by atoms with Crippen molar-refractivity contribution in [3.8, 4) is 23.0 Å². The molecule has 154 valence electrons. The van der Waals surface area contributed by atoms with Crippen molar-refractivity contribution in [1.29, 1.82) is 0 Å². The number of carbonyl (C=O) groups is 1. The van der Waals surface area contributed by atoms with Crippen molar-refractivity contribution in [3.05, 3.63) is 71.9 Å². The first-order chi connectivity index (χ1) is 14.5. The minimum Gasteiger partial charge on any atom is -0.504 e. The number of pyridine rings is 1. The number of anilines is 2. The van der Waals surface area contributed by atoms with E-state index in [4.69, 9.17) is 14.2 Å². The minimum absolute atomic E-state index is 0.00397. The molecule has 7 nitrogen and oxygen atoms in total. The van der Waals surface area contributed by atoms with E-state index in [1.165, 1.54) is 19.3 Å². The maximum atomic E-state index is 12.8. The Hall–Kier alpha value is -4.00. The summed E-state index contributed by atoms with van der Waals surface area (Å²) in [5.41, 5.74) is 1.77. The molecule has 3 rings (SSSR count). The highest BCUT2D eigenvalue weighted by Crippen LogP contribution is 2.31. The molecule has 2 aromatic carbocycles. The monoisotopic (exact) mass is 406 g/mol. The fourth-order valence-electron chi connectivity index (χ4n) is 2.83. The number of phenolic OH excluding ortho intramolecular Hbond substituents is 1. The number of benzene rings is 2. The lowest BCUT2D eigenvalue weighted by Gasteiger charge is -2.12. The molecule has 0 amide bonds. The first kappa shape index (κ1) is 20.7. The summed E-state index contributed by atoms with van der Waals surface area (Å²) in [4.78, 5) is 17.1. The third-order valence-electron chi connectivity index (χ3n) is 4.35. The van der Waals surface area contributed by atoms with E-state index in [2.05, 4.69) is 10.3 Å². The second-order valence-corrected chi connectivity index (χ2v) is 6.22. The highest BCUT2D eigenvalue weighted by molar-refractivity contribution is 6.10. The molecule has 30 heavy (non-hydrogen) atoms. The summed E-state index contributed by atoms with van der Waals surface area (Å²) >= 11 is 0. The fourth-order valence-corrected chi connectivity index (χ4v) is 2.83. The zero-order valence-corrected chi connectivity index (χ0v) is 16.9. The normalized spacial score (nSPS) is 10.6. The van der Waals surface area contributed by atoms with Crippen LogP contribution in [0.2, 0.25) is 0 Å². The van der Waals surface area contributed by atoms with Crippen LogP contribution in [0, 0.1) is 0 Å². The number of carbonyl (C=O) groups excluding carboxylic acids is 1. The van der Waals surface area contributed by atoms with Gasteiger partial charge in [-0.1, -0.05) is 12.1 Å². The fraction of sp³-hybridized carbons (Fsp3) is 0.130. The van der Waals surface area contributed by atoms with Gasteiger partial charge in [-0.05, 0) is 48.0 Å². The van der Waals surface area contributed by atoms with Gasteiger partial charge in [0.05, 0.1) is 26.9 Å². The smallest absolute Gasteiger partial charge is 0.189 e. The molecule has 0 fully saturated rings. The summed E-state index contributed by atoms with van der Waals surface area (Å²) < 4.78 is 15.6. The number of methoxy groups -OCH3 is 3. The molecule has 1 aromatic heterocycles. The number of ether oxygens (including phenoxy) is 3. The lowest BCUT2D eigenvalue weighted by molar-refractivity contribution is 0.104. The van der Waals surface area contributed by atoms with Gasteiger partial charge in [0.2, 0.25) is 0 Å². The SMILES string of the molecule is COc1ccc(C=CC(=O)c2cccnc2Nc2ccc(OC)c(OC)c2)cc1O. The van der Waals surface area contributed by atoms with Crippen LogP contribution in [0.15, 0.2) is 60.8 Å². The predicted octanol–water partition coefficient (Wildman–Crippen LogP) is 4.45. The number of allylic oxidation sites excluding steroid dienone is 1. The number of aromatic nitrogens is 1. The van der Waals surface area contributed by atoms with Crippen molar-refractivity contribution < 1.29 is 24.1 Å². The van der Waals surface area contributed by atoms with E-state index in [9.17, 15) is 9.90 Å². The second kappa shape index (κ2) is 9.47. The van der Waals surface area contributed by atoms with Gasteiger partial charge in [-0.2, -0.15) is 0 Å². The lowest BCUT2D eigenvalue weighted by atomic mass is 10.1. The van der Waals surface area contributed by atoms with Crippen LogP contribution in [-0.4, -0.2) is 37.2 Å². The molecule has 1 heterocycles. The molecule has 0 unspecified atom stereocenters. The van der Waals surface area contributed by atoms with Crippen LogP contribution >= 0.6 is 0 Å². The molecule has 0 radical (unpaired) electrons. The van der Waals surface area contributed by atoms with Crippen molar-refractivity contribution in [1.82, 2.24) is 4.98 Å². The third kappa shape index (κ3) is 4.70. The molecule has 0 saturated heterocycles. The Kier molecular flexibility index (Phi) is 6.54. The number of ketones is 1. The number of hydrogen-bond acceptors (Lipinski definition) is 7. The van der Waals surface area contributed by atoms with Gasteiger partial charge in [0.15, 0.2) is 28.8 Å². The van der Waals surface area contributed by atoms with E-state index in [0.29, 0.717) is 39.9 Å². The van der Waals surface area contributed by atoms with E-state index in [-0.39, 0.29) is 11.5 Å². The molecule has 0 saturated carbocycles. The third-order valence-corrected chi connectivity index (χ3v) is 4.35. The Morgan fingerprint density at radius 3 is 2.40 bits per heavy atom. The number of phenols is 1. The Morgan fingerprint density at radius 2 is 1.70 bits per heavy atom. The van der Waals surface area contributed by atoms with E-state index < -0.39 is 0 Å². The Labute approximate surface area is 174 Å². The van der Waals surface area contributed by atoms with E-state index in [1.807, 2.05) is 0 Å². The average Bonchev–Trinajstić information content (AvgIpc) is 2.77. The van der Waals surface area contributed by atoms with Crippen molar-refractivity contribution in [2.75, 3.05) is 26.6 Å². The number of hydrogen-bond donors (Lipinski definition) is 2. The van der Waals surface area contributed by atoms with E-state index >= 15 is 0 Å². The molecule has 0 aliphatic carbocycles. The molecular formula is C23H22N2O5. The first-order valence-corrected chi connectivity index (χ1v) is 9.09. The molecule has 2 N–H and O–H groups in total. The van der Waals surface area contributed by atoms with Crippen LogP contribution in [0.3, 0.4) is 0 Å². The van der Waals surface area contributed by atoms with Gasteiger partial charge in [-0.15, -0.1) is 0 Å². The first-order valence-electron chi connectivity index (χ1n) is 9.09. The van der Waals surface area contributed by atoms with Gasteiger partial charge >= 0.3 is 0 Å². The molecule has 0 atom stereocenters. The van der Waals surface area contributed by atoms with Crippen LogP contribution in [0.5, 0.6) is 23.0 Å². The van der Waals surface area contributed by atoms with Crippen molar-refractivity contribution in [2.24, 2.45) is 0 Å². The maximum Gasteiger partial charge on any atom is 0.189 e. The van der Waals surface area contributed by atoms with Crippen molar-refractivity contribution >= 4 is 23.4 Å². The van der Waals surface area contributed by atoms with Crippen LogP contribution in [0.25, 0.3) is 6.08 Å². The van der Waals surface area contributed by atoms with Crippen LogP contribution in [0.1, 0.15) is 15.9 Å². The van der Waals surface area contributed by atoms with Crippen molar-refractivity contribution in [3.63, 3.8) is 0 Å².